The molecule has 0 aromatic heterocycles. The van der Waals surface area contributed by atoms with Gasteiger partial charge in [-0.1, -0.05) is 49.0 Å². The van der Waals surface area contributed by atoms with Gasteiger partial charge in [0.1, 0.15) is 11.8 Å². The van der Waals surface area contributed by atoms with Crippen molar-refractivity contribution in [3.8, 4) is 11.8 Å². The van der Waals surface area contributed by atoms with E-state index in [1.54, 1.807) is 7.11 Å². The predicted molar refractivity (Wildman–Crippen MR) is 89.3 cm³/mol. The molecule has 1 N–H and O–H groups in total. The summed E-state index contributed by atoms with van der Waals surface area (Å²) in [5, 5.41) is 11.7. The van der Waals surface area contributed by atoms with Crippen LogP contribution in [0.15, 0.2) is 66.9 Å². The molecule has 2 atom stereocenters. The number of nitriles is 1. The average molecular weight is 305 g/mol. The lowest BCUT2D eigenvalue weighted by atomic mass is 10.0. The maximum Gasteiger partial charge on any atom is 0.141 e. The fraction of sp³-hybridized carbons (Fsp3) is 0.211. The van der Waals surface area contributed by atoms with Gasteiger partial charge in [0.05, 0.1) is 19.2 Å². The summed E-state index contributed by atoms with van der Waals surface area (Å²) >= 11 is 0. The molecule has 1 saturated heterocycles. The summed E-state index contributed by atoms with van der Waals surface area (Å²) in [4.78, 5) is 0. The average Bonchev–Trinajstić information content (AvgIpc) is 2.98. The third kappa shape index (κ3) is 3.05. The summed E-state index contributed by atoms with van der Waals surface area (Å²) < 4.78 is 5.19. The molecule has 23 heavy (non-hydrogen) atoms. The zero-order chi connectivity index (χ0) is 16.2. The lowest BCUT2D eigenvalue weighted by Crippen LogP contribution is -2.35. The van der Waals surface area contributed by atoms with Crippen LogP contribution in [-0.2, 0) is 0 Å². The van der Waals surface area contributed by atoms with Gasteiger partial charge in [-0.05, 0) is 23.3 Å². The number of hydrazine groups is 1. The van der Waals surface area contributed by atoms with Crippen molar-refractivity contribution < 1.29 is 4.74 Å². The Bertz CT molecular complexity index is 719. The Morgan fingerprint density at radius 1 is 1.22 bits per heavy atom. The van der Waals surface area contributed by atoms with Crippen molar-refractivity contribution in [2.75, 3.05) is 7.11 Å². The summed E-state index contributed by atoms with van der Waals surface area (Å²) in [6, 6.07) is 19.9. The van der Waals surface area contributed by atoms with Crippen LogP contribution in [0, 0.1) is 11.3 Å². The van der Waals surface area contributed by atoms with Crippen molar-refractivity contribution in [3.63, 3.8) is 0 Å². The van der Waals surface area contributed by atoms with Gasteiger partial charge in [0, 0.05) is 12.1 Å². The van der Waals surface area contributed by atoms with Crippen LogP contribution in [0.25, 0.3) is 0 Å². The van der Waals surface area contributed by atoms with Gasteiger partial charge in [-0.3, -0.25) is 0 Å². The SMILES string of the molecule is C=C1CC(c2ccccc2)N(C(C#N)c2ccc(OC)cc2)N1. The summed E-state index contributed by atoms with van der Waals surface area (Å²) in [5.74, 6) is 0.781. The second-order valence-corrected chi connectivity index (χ2v) is 5.56. The molecule has 0 spiro atoms. The van der Waals surface area contributed by atoms with E-state index in [0.29, 0.717) is 0 Å². The van der Waals surface area contributed by atoms with Gasteiger partial charge in [-0.2, -0.15) is 10.3 Å². The van der Waals surface area contributed by atoms with Gasteiger partial charge in [0.15, 0.2) is 0 Å². The molecule has 1 aliphatic rings. The number of rotatable bonds is 4. The van der Waals surface area contributed by atoms with E-state index in [-0.39, 0.29) is 6.04 Å². The van der Waals surface area contributed by atoms with Crippen LogP contribution in [0.5, 0.6) is 5.75 Å². The van der Waals surface area contributed by atoms with Crippen molar-refractivity contribution in [2.45, 2.75) is 18.5 Å². The van der Waals surface area contributed by atoms with Crippen molar-refractivity contribution in [1.29, 1.82) is 5.26 Å². The van der Waals surface area contributed by atoms with Crippen molar-refractivity contribution in [1.82, 2.24) is 10.4 Å². The fourth-order valence-corrected chi connectivity index (χ4v) is 2.92. The highest BCUT2D eigenvalue weighted by molar-refractivity contribution is 5.33. The van der Waals surface area contributed by atoms with Crippen LogP contribution >= 0.6 is 0 Å². The van der Waals surface area contributed by atoms with E-state index in [0.717, 1.165) is 23.4 Å². The minimum Gasteiger partial charge on any atom is -0.497 e. The van der Waals surface area contributed by atoms with Gasteiger partial charge < -0.3 is 10.2 Å². The second kappa shape index (κ2) is 6.55. The number of methoxy groups -OCH3 is 1. The Kier molecular flexibility index (Phi) is 4.31. The lowest BCUT2D eigenvalue weighted by molar-refractivity contribution is 0.157. The van der Waals surface area contributed by atoms with Gasteiger partial charge in [-0.15, -0.1) is 0 Å². The number of hydrogen-bond acceptors (Lipinski definition) is 4. The largest absolute Gasteiger partial charge is 0.497 e. The Labute approximate surface area is 136 Å². The van der Waals surface area contributed by atoms with Gasteiger partial charge >= 0.3 is 0 Å². The molecule has 0 aliphatic carbocycles. The molecule has 1 fully saturated rings. The lowest BCUT2D eigenvalue weighted by Gasteiger charge is -2.28. The number of ether oxygens (including phenoxy) is 1. The van der Waals surface area contributed by atoms with Crippen LogP contribution in [0.4, 0.5) is 0 Å². The quantitative estimate of drug-likeness (QED) is 0.935. The van der Waals surface area contributed by atoms with Crippen molar-refractivity contribution in [3.05, 3.63) is 78.0 Å². The molecular weight excluding hydrogens is 286 g/mol. The van der Waals surface area contributed by atoms with E-state index >= 15 is 0 Å². The molecule has 0 radical (unpaired) electrons. The van der Waals surface area contributed by atoms with Crippen LogP contribution in [0.2, 0.25) is 0 Å². The standard InChI is InChI=1S/C19H19N3O/c1-14-12-18(15-6-4-3-5-7-15)22(21-14)19(13-20)16-8-10-17(23-2)11-9-16/h3-11,18-19,21H,1,12H2,2H3. The van der Waals surface area contributed by atoms with Crippen LogP contribution in [-0.4, -0.2) is 12.1 Å². The predicted octanol–water partition coefficient (Wildman–Crippen LogP) is 3.73. The maximum absolute atomic E-state index is 9.72. The molecule has 0 bridgehead atoms. The van der Waals surface area contributed by atoms with Crippen LogP contribution < -0.4 is 10.2 Å². The first-order valence-corrected chi connectivity index (χ1v) is 7.54. The molecule has 4 heteroatoms. The third-order valence-electron chi connectivity index (χ3n) is 4.08. The normalized spacial score (nSPS) is 19.0. The molecule has 2 aromatic carbocycles. The molecule has 1 aliphatic heterocycles. The molecule has 2 unspecified atom stereocenters. The molecule has 4 nitrogen and oxygen atoms in total. The Morgan fingerprint density at radius 3 is 2.52 bits per heavy atom. The van der Waals surface area contributed by atoms with E-state index in [9.17, 15) is 5.26 Å². The number of benzene rings is 2. The summed E-state index contributed by atoms with van der Waals surface area (Å²) in [7, 11) is 1.63. The first-order valence-electron chi connectivity index (χ1n) is 7.54. The van der Waals surface area contributed by atoms with Crippen LogP contribution in [0.3, 0.4) is 0 Å². The minimum absolute atomic E-state index is 0.0930. The summed E-state index contributed by atoms with van der Waals surface area (Å²) in [6.07, 6.45) is 0.790. The zero-order valence-electron chi connectivity index (χ0n) is 13.1. The Balaban J connectivity index is 1.92. The number of nitrogens with zero attached hydrogens (tertiary/aromatic N) is 2. The number of nitrogens with one attached hydrogen (secondary N) is 1. The Hall–Kier alpha value is -2.77. The number of hydrogen-bond donors (Lipinski definition) is 1. The summed E-state index contributed by atoms with van der Waals surface area (Å²) in [6.45, 7) is 4.04. The third-order valence-corrected chi connectivity index (χ3v) is 4.08. The minimum atomic E-state index is -0.398. The molecule has 2 aromatic rings. The van der Waals surface area contributed by atoms with E-state index in [4.69, 9.17) is 4.74 Å². The van der Waals surface area contributed by atoms with Gasteiger partial charge in [0.25, 0.3) is 0 Å². The molecule has 0 amide bonds. The van der Waals surface area contributed by atoms with E-state index in [1.165, 1.54) is 5.56 Å². The highest BCUT2D eigenvalue weighted by Crippen LogP contribution is 2.37. The van der Waals surface area contributed by atoms with E-state index in [1.807, 2.05) is 47.5 Å². The maximum atomic E-state index is 9.72. The van der Waals surface area contributed by atoms with Crippen molar-refractivity contribution in [2.24, 2.45) is 0 Å². The van der Waals surface area contributed by atoms with Gasteiger partial charge in [0.2, 0.25) is 0 Å². The molecule has 3 rings (SSSR count). The molecule has 1 heterocycles. The van der Waals surface area contributed by atoms with Crippen LogP contribution in [0.1, 0.15) is 29.6 Å². The zero-order valence-corrected chi connectivity index (χ0v) is 13.1. The second-order valence-electron chi connectivity index (χ2n) is 5.56. The fourth-order valence-electron chi connectivity index (χ4n) is 2.92. The highest BCUT2D eigenvalue weighted by atomic mass is 16.5. The van der Waals surface area contributed by atoms with E-state index < -0.39 is 6.04 Å². The first-order chi connectivity index (χ1) is 11.2. The monoisotopic (exact) mass is 305 g/mol. The molecule has 116 valence electrons. The van der Waals surface area contributed by atoms with Gasteiger partial charge in [-0.25, -0.2) is 0 Å². The smallest absolute Gasteiger partial charge is 0.141 e. The topological polar surface area (TPSA) is 48.3 Å². The van der Waals surface area contributed by atoms with E-state index in [2.05, 4.69) is 30.2 Å². The first kappa shape index (κ1) is 15.1. The Morgan fingerprint density at radius 2 is 1.91 bits per heavy atom. The highest BCUT2D eigenvalue weighted by Gasteiger charge is 2.34. The molecular formula is C19H19N3O. The molecule has 0 saturated carbocycles. The van der Waals surface area contributed by atoms with Crippen molar-refractivity contribution >= 4 is 0 Å². The summed E-state index contributed by atoms with van der Waals surface area (Å²) in [5.41, 5.74) is 6.29.